The summed E-state index contributed by atoms with van der Waals surface area (Å²) in [4.78, 5) is 11.3. The number of rotatable bonds is 5. The largest absolute Gasteiger partial charge is 0.407 e. The molecule has 1 fully saturated rings. The van der Waals surface area contributed by atoms with Gasteiger partial charge in [0.2, 0.25) is 0 Å². The number of aldehydes is 1. The quantitative estimate of drug-likeness (QED) is 0.541. The summed E-state index contributed by atoms with van der Waals surface area (Å²) in [7, 11) is -1.80. The van der Waals surface area contributed by atoms with Gasteiger partial charge in [-0.3, -0.25) is 0 Å². The summed E-state index contributed by atoms with van der Waals surface area (Å²) in [6.45, 7) is 11.1. The van der Waals surface area contributed by atoms with E-state index in [2.05, 4.69) is 33.9 Å². The summed E-state index contributed by atoms with van der Waals surface area (Å²) in [6, 6.07) is 0. The maximum absolute atomic E-state index is 11.3. The van der Waals surface area contributed by atoms with E-state index in [1.165, 1.54) is 32.1 Å². The molecule has 1 aliphatic carbocycles. The first-order valence-corrected chi connectivity index (χ1v) is 10.3. The Morgan fingerprint density at radius 2 is 1.78 bits per heavy atom. The Hall–Kier alpha value is -0.153. The van der Waals surface area contributed by atoms with Crippen molar-refractivity contribution in [1.29, 1.82) is 0 Å². The average Bonchev–Trinajstić information content (AvgIpc) is 2.27. The lowest BCUT2D eigenvalue weighted by Gasteiger charge is -2.39. The topological polar surface area (TPSA) is 26.3 Å². The molecule has 18 heavy (non-hydrogen) atoms. The molecule has 2 nitrogen and oxygen atoms in total. The normalized spacial score (nSPS) is 20.7. The van der Waals surface area contributed by atoms with Crippen molar-refractivity contribution in [3.05, 3.63) is 0 Å². The molecule has 0 aromatic carbocycles. The van der Waals surface area contributed by atoms with E-state index in [1.807, 2.05) is 0 Å². The molecule has 1 saturated carbocycles. The van der Waals surface area contributed by atoms with Gasteiger partial charge in [-0.1, -0.05) is 52.9 Å². The zero-order valence-corrected chi connectivity index (χ0v) is 13.8. The predicted molar refractivity (Wildman–Crippen MR) is 79.3 cm³/mol. The molecule has 1 atom stereocenters. The highest BCUT2D eigenvalue weighted by atomic mass is 28.4. The lowest BCUT2D eigenvalue weighted by molar-refractivity contribution is -0.115. The summed E-state index contributed by atoms with van der Waals surface area (Å²) >= 11 is 0. The van der Waals surface area contributed by atoms with Crippen molar-refractivity contribution in [2.75, 3.05) is 0 Å². The van der Waals surface area contributed by atoms with Crippen LogP contribution in [0.1, 0.15) is 59.3 Å². The van der Waals surface area contributed by atoms with E-state index in [-0.39, 0.29) is 11.1 Å². The average molecular weight is 270 g/mol. The van der Waals surface area contributed by atoms with Crippen LogP contribution in [0.5, 0.6) is 0 Å². The van der Waals surface area contributed by atoms with E-state index in [4.69, 9.17) is 4.43 Å². The lowest BCUT2D eigenvalue weighted by Crippen LogP contribution is -2.44. The van der Waals surface area contributed by atoms with Crippen LogP contribution in [0.4, 0.5) is 0 Å². The summed E-state index contributed by atoms with van der Waals surface area (Å²) < 4.78 is 6.23. The van der Waals surface area contributed by atoms with Gasteiger partial charge in [0.05, 0.1) is 0 Å². The van der Waals surface area contributed by atoms with Gasteiger partial charge in [0.25, 0.3) is 0 Å². The molecule has 0 amide bonds. The summed E-state index contributed by atoms with van der Waals surface area (Å²) in [5.74, 6) is 0.707. The van der Waals surface area contributed by atoms with Gasteiger partial charge in [0.1, 0.15) is 12.4 Å². The minimum absolute atomic E-state index is 0.172. The SMILES string of the molecule is CC(C)(C)[Si](C)(C)OC(C=O)CC1CCCCC1. The molecular formula is C15H30O2Si. The third-order valence-corrected chi connectivity index (χ3v) is 9.20. The molecule has 0 saturated heterocycles. The Morgan fingerprint density at radius 3 is 2.22 bits per heavy atom. The molecule has 106 valence electrons. The van der Waals surface area contributed by atoms with E-state index in [1.54, 1.807) is 0 Å². The van der Waals surface area contributed by atoms with E-state index < -0.39 is 8.32 Å². The van der Waals surface area contributed by atoms with Crippen LogP contribution >= 0.6 is 0 Å². The monoisotopic (exact) mass is 270 g/mol. The van der Waals surface area contributed by atoms with Crippen molar-refractivity contribution in [2.24, 2.45) is 5.92 Å². The standard InChI is InChI=1S/C15H30O2Si/c1-15(2,3)18(4,5)17-14(12-16)11-13-9-7-6-8-10-13/h12-14H,6-11H2,1-5H3. The second kappa shape index (κ2) is 6.33. The third-order valence-electron chi connectivity index (χ3n) is 4.69. The molecule has 0 aromatic rings. The van der Waals surface area contributed by atoms with E-state index in [0.29, 0.717) is 5.92 Å². The van der Waals surface area contributed by atoms with E-state index >= 15 is 0 Å². The molecule has 0 aliphatic heterocycles. The van der Waals surface area contributed by atoms with Crippen LogP contribution in [0.15, 0.2) is 0 Å². The molecule has 1 rings (SSSR count). The van der Waals surface area contributed by atoms with Gasteiger partial charge in [0, 0.05) is 0 Å². The number of carbonyl (C=O) groups excluding carboxylic acids is 1. The van der Waals surface area contributed by atoms with E-state index in [0.717, 1.165) is 12.7 Å². The zero-order chi connectivity index (χ0) is 13.8. The molecule has 0 radical (unpaired) electrons. The van der Waals surface area contributed by atoms with Crippen LogP contribution in [0.3, 0.4) is 0 Å². The maximum atomic E-state index is 11.3. The minimum Gasteiger partial charge on any atom is -0.407 e. The van der Waals surface area contributed by atoms with Gasteiger partial charge >= 0.3 is 0 Å². The van der Waals surface area contributed by atoms with Crippen molar-refractivity contribution in [2.45, 2.75) is 83.5 Å². The fourth-order valence-electron chi connectivity index (χ4n) is 2.44. The molecule has 0 bridgehead atoms. The van der Waals surface area contributed by atoms with Crippen molar-refractivity contribution >= 4 is 14.6 Å². The minimum atomic E-state index is -1.80. The van der Waals surface area contributed by atoms with Crippen molar-refractivity contribution in [3.8, 4) is 0 Å². The van der Waals surface area contributed by atoms with Crippen LogP contribution in [0, 0.1) is 5.92 Å². The molecule has 1 aliphatic rings. The van der Waals surface area contributed by atoms with Gasteiger partial charge < -0.3 is 9.22 Å². The van der Waals surface area contributed by atoms with Gasteiger partial charge in [-0.15, -0.1) is 0 Å². The lowest BCUT2D eigenvalue weighted by atomic mass is 9.86. The van der Waals surface area contributed by atoms with Crippen LogP contribution in [0.25, 0.3) is 0 Å². The molecule has 0 N–H and O–H groups in total. The number of carbonyl (C=O) groups is 1. The second-order valence-electron chi connectivity index (χ2n) is 7.29. The highest BCUT2D eigenvalue weighted by Crippen LogP contribution is 2.38. The van der Waals surface area contributed by atoms with Crippen LogP contribution < -0.4 is 0 Å². The first-order valence-electron chi connectivity index (χ1n) is 7.39. The summed E-state index contributed by atoms with van der Waals surface area (Å²) in [6.07, 6.45) is 8.40. The predicted octanol–water partition coefficient (Wildman–Crippen LogP) is 4.55. The van der Waals surface area contributed by atoms with Gasteiger partial charge in [-0.05, 0) is 30.5 Å². The Labute approximate surface area is 114 Å². The van der Waals surface area contributed by atoms with Gasteiger partial charge in [0.15, 0.2) is 8.32 Å². The Kier molecular flexibility index (Phi) is 5.59. The van der Waals surface area contributed by atoms with E-state index in [9.17, 15) is 4.79 Å². The highest BCUT2D eigenvalue weighted by molar-refractivity contribution is 6.74. The Morgan fingerprint density at radius 1 is 1.22 bits per heavy atom. The first-order chi connectivity index (χ1) is 8.26. The zero-order valence-electron chi connectivity index (χ0n) is 12.8. The molecule has 0 heterocycles. The Bertz CT molecular complexity index is 262. The van der Waals surface area contributed by atoms with Crippen LogP contribution in [0.2, 0.25) is 18.1 Å². The van der Waals surface area contributed by atoms with Crippen molar-refractivity contribution in [1.82, 2.24) is 0 Å². The first kappa shape index (κ1) is 15.9. The van der Waals surface area contributed by atoms with Crippen molar-refractivity contribution in [3.63, 3.8) is 0 Å². The highest BCUT2D eigenvalue weighted by Gasteiger charge is 2.39. The molecule has 0 spiro atoms. The fourth-order valence-corrected chi connectivity index (χ4v) is 3.70. The maximum Gasteiger partial charge on any atom is 0.193 e. The summed E-state index contributed by atoms with van der Waals surface area (Å²) in [5, 5.41) is 0.181. The third kappa shape index (κ3) is 4.50. The van der Waals surface area contributed by atoms with Crippen LogP contribution in [-0.4, -0.2) is 20.7 Å². The number of hydrogen-bond donors (Lipinski definition) is 0. The van der Waals surface area contributed by atoms with Crippen molar-refractivity contribution < 1.29 is 9.22 Å². The van der Waals surface area contributed by atoms with Crippen LogP contribution in [-0.2, 0) is 9.22 Å². The second-order valence-corrected chi connectivity index (χ2v) is 12.0. The number of hydrogen-bond acceptors (Lipinski definition) is 2. The van der Waals surface area contributed by atoms with Gasteiger partial charge in [-0.25, -0.2) is 0 Å². The summed E-state index contributed by atoms with van der Waals surface area (Å²) in [5.41, 5.74) is 0. The fraction of sp³-hybridized carbons (Fsp3) is 0.933. The molecule has 1 unspecified atom stereocenters. The van der Waals surface area contributed by atoms with Gasteiger partial charge in [-0.2, -0.15) is 0 Å². The molecule has 0 aromatic heterocycles. The smallest absolute Gasteiger partial charge is 0.193 e. The molecular weight excluding hydrogens is 240 g/mol. The molecule has 3 heteroatoms. The Balaban J connectivity index is 2.53.